The van der Waals surface area contributed by atoms with E-state index in [1.807, 2.05) is 36.4 Å². The monoisotopic (exact) mass is 563 g/mol. The van der Waals surface area contributed by atoms with Crippen molar-refractivity contribution in [1.29, 1.82) is 0 Å². The molecule has 3 atom stereocenters. The van der Waals surface area contributed by atoms with Gasteiger partial charge in [0.25, 0.3) is 0 Å². The number of fused-ring (bicyclic) bond motifs is 3. The minimum atomic E-state index is 0.0145. The first-order chi connectivity index (χ1) is 16.0. The predicted octanol–water partition coefficient (Wildman–Crippen LogP) is 8.82. The Morgan fingerprint density at radius 2 is 1.85 bits per heavy atom. The van der Waals surface area contributed by atoms with Crippen molar-refractivity contribution in [2.75, 3.05) is 12.4 Å². The molecule has 7 heteroatoms. The molecule has 0 aromatic heterocycles. The molecule has 1 aliphatic carbocycles. The van der Waals surface area contributed by atoms with Crippen LogP contribution in [0.4, 0.5) is 5.69 Å². The highest BCUT2D eigenvalue weighted by Gasteiger charge is 2.41. The van der Waals surface area contributed by atoms with Crippen molar-refractivity contribution in [2.45, 2.75) is 25.0 Å². The van der Waals surface area contributed by atoms with Gasteiger partial charge in [-0.2, -0.15) is 0 Å². The van der Waals surface area contributed by atoms with Crippen molar-refractivity contribution in [2.24, 2.45) is 5.92 Å². The maximum atomic E-state index is 6.61. The number of ether oxygens (including phenoxy) is 2. The zero-order chi connectivity index (χ0) is 23.1. The van der Waals surface area contributed by atoms with Gasteiger partial charge in [0.1, 0.15) is 6.61 Å². The van der Waals surface area contributed by atoms with Crippen LogP contribution in [-0.4, -0.2) is 7.11 Å². The topological polar surface area (TPSA) is 30.5 Å². The van der Waals surface area contributed by atoms with Gasteiger partial charge in [-0.05, 0) is 57.6 Å². The summed E-state index contributed by atoms with van der Waals surface area (Å²) >= 11 is 23.3. The van der Waals surface area contributed by atoms with E-state index in [9.17, 15) is 0 Å². The first-order valence-corrected chi connectivity index (χ1v) is 12.6. The van der Waals surface area contributed by atoms with Gasteiger partial charge in [0.15, 0.2) is 11.5 Å². The minimum Gasteiger partial charge on any atom is -0.493 e. The lowest BCUT2D eigenvalue weighted by atomic mass is 9.77. The molecule has 0 unspecified atom stereocenters. The van der Waals surface area contributed by atoms with Gasteiger partial charge in [-0.3, -0.25) is 0 Å². The minimum absolute atomic E-state index is 0.0145. The fourth-order valence-corrected chi connectivity index (χ4v) is 6.16. The molecule has 3 aromatic rings. The van der Waals surface area contributed by atoms with Crippen LogP contribution in [0.15, 0.2) is 65.2 Å². The van der Waals surface area contributed by atoms with Gasteiger partial charge in [-0.1, -0.05) is 77.3 Å². The van der Waals surface area contributed by atoms with Gasteiger partial charge in [0.2, 0.25) is 0 Å². The second-order valence-electron chi connectivity index (χ2n) is 8.23. The molecule has 1 heterocycles. The van der Waals surface area contributed by atoms with Crippen LogP contribution in [0.3, 0.4) is 0 Å². The lowest BCUT2D eigenvalue weighted by Crippen LogP contribution is -2.29. The molecule has 0 saturated heterocycles. The molecule has 3 nitrogen and oxygen atoms in total. The Morgan fingerprint density at radius 3 is 2.61 bits per heavy atom. The lowest BCUT2D eigenvalue weighted by molar-refractivity contribution is 0.282. The van der Waals surface area contributed by atoms with Crippen LogP contribution in [0.1, 0.15) is 35.1 Å². The third kappa shape index (κ3) is 4.23. The molecule has 0 fully saturated rings. The van der Waals surface area contributed by atoms with E-state index >= 15 is 0 Å². The van der Waals surface area contributed by atoms with Crippen molar-refractivity contribution < 1.29 is 9.47 Å². The molecular weight excluding hydrogens is 545 g/mol. The molecule has 5 rings (SSSR count). The Morgan fingerprint density at radius 1 is 1.06 bits per heavy atom. The lowest BCUT2D eigenvalue weighted by Gasteiger charge is -2.38. The normalized spacial score (nSPS) is 20.7. The molecule has 2 aliphatic rings. The number of nitrogens with one attached hydrogen (secondary N) is 1. The number of hydrogen-bond donors (Lipinski definition) is 1. The summed E-state index contributed by atoms with van der Waals surface area (Å²) in [6.45, 7) is 0.452. The Kier molecular flexibility index (Phi) is 6.54. The van der Waals surface area contributed by atoms with Gasteiger partial charge in [-0.15, -0.1) is 0 Å². The maximum absolute atomic E-state index is 6.61. The van der Waals surface area contributed by atoms with Gasteiger partial charge >= 0.3 is 0 Å². The molecule has 170 valence electrons. The quantitative estimate of drug-likeness (QED) is 0.248. The Hall–Kier alpha value is -1.85. The van der Waals surface area contributed by atoms with Crippen LogP contribution in [0.25, 0.3) is 0 Å². The summed E-state index contributed by atoms with van der Waals surface area (Å²) in [5.74, 6) is 1.76. The Bertz CT molecular complexity index is 1230. The summed E-state index contributed by atoms with van der Waals surface area (Å²) in [7, 11) is 1.66. The number of halogens is 4. The number of anilines is 1. The summed E-state index contributed by atoms with van der Waals surface area (Å²) in [6, 6.07) is 15.9. The number of rotatable bonds is 5. The molecule has 33 heavy (non-hydrogen) atoms. The number of benzene rings is 3. The molecule has 0 radical (unpaired) electrons. The fraction of sp³-hybridized carbons (Fsp3) is 0.231. The Labute approximate surface area is 216 Å². The van der Waals surface area contributed by atoms with E-state index in [1.54, 1.807) is 13.2 Å². The van der Waals surface area contributed by atoms with Crippen LogP contribution in [-0.2, 0) is 6.61 Å². The molecule has 1 aliphatic heterocycles. The third-order valence-electron chi connectivity index (χ3n) is 6.32. The van der Waals surface area contributed by atoms with E-state index in [-0.39, 0.29) is 17.9 Å². The van der Waals surface area contributed by atoms with Crippen LogP contribution >= 0.6 is 50.7 Å². The SMILES string of the molecule is COc1cc([C@@H]2Nc3c(Cl)cc(Cl)c(Cl)c3[C@H]3C=CC[C@@H]32)cc(Br)c1OCc1ccccc1. The number of allylic oxidation sites excluding steroid dienone is 2. The van der Waals surface area contributed by atoms with Gasteiger partial charge in [-0.25, -0.2) is 0 Å². The zero-order valence-corrected chi connectivity index (χ0v) is 21.6. The molecule has 0 spiro atoms. The molecule has 0 saturated carbocycles. The first kappa shape index (κ1) is 22.9. The maximum Gasteiger partial charge on any atom is 0.175 e. The van der Waals surface area contributed by atoms with Crippen molar-refractivity contribution in [3.63, 3.8) is 0 Å². The summed E-state index contributed by atoms with van der Waals surface area (Å²) in [6.07, 6.45) is 5.34. The van der Waals surface area contributed by atoms with Crippen molar-refractivity contribution in [3.8, 4) is 11.5 Å². The van der Waals surface area contributed by atoms with Gasteiger partial charge in [0, 0.05) is 11.5 Å². The zero-order valence-electron chi connectivity index (χ0n) is 17.7. The van der Waals surface area contributed by atoms with Crippen LogP contribution in [0.2, 0.25) is 15.1 Å². The van der Waals surface area contributed by atoms with Crippen molar-refractivity contribution in [1.82, 2.24) is 0 Å². The molecule has 1 N–H and O–H groups in total. The summed E-state index contributed by atoms with van der Waals surface area (Å²) in [5.41, 5.74) is 3.98. The Balaban J connectivity index is 1.51. The summed E-state index contributed by atoms with van der Waals surface area (Å²) in [5, 5.41) is 5.25. The average Bonchev–Trinajstić information content (AvgIpc) is 3.31. The fourth-order valence-electron chi connectivity index (χ4n) is 4.78. The molecule has 3 aromatic carbocycles. The standard InChI is InChI=1S/C26H21BrCl3NO2/c1-32-21-11-15(10-18(27)26(21)33-13-14-6-3-2-4-7-14)24-17-9-5-8-16(17)22-23(30)19(28)12-20(29)25(22)31-24/h2-8,10-12,16-17,24,31H,9,13H2,1H3/t16-,17-,24-/m0/s1. The van der Waals surface area contributed by atoms with Crippen molar-refractivity contribution in [3.05, 3.63) is 96.9 Å². The molecule has 0 amide bonds. The second kappa shape index (κ2) is 9.42. The summed E-state index contributed by atoms with van der Waals surface area (Å²) in [4.78, 5) is 0. The first-order valence-electron chi connectivity index (χ1n) is 10.6. The highest BCUT2D eigenvalue weighted by Crippen LogP contribution is 2.55. The third-order valence-corrected chi connectivity index (χ3v) is 8.01. The van der Waals surface area contributed by atoms with E-state index in [0.717, 1.165) is 33.3 Å². The highest BCUT2D eigenvalue weighted by molar-refractivity contribution is 9.10. The number of methoxy groups -OCH3 is 1. The van der Waals surface area contributed by atoms with Crippen LogP contribution in [0, 0.1) is 5.92 Å². The summed E-state index contributed by atoms with van der Waals surface area (Å²) < 4.78 is 12.7. The molecular formula is C26H21BrCl3NO2. The van der Waals surface area contributed by atoms with E-state index in [4.69, 9.17) is 44.3 Å². The van der Waals surface area contributed by atoms with E-state index in [2.05, 4.69) is 39.5 Å². The second-order valence-corrected chi connectivity index (χ2v) is 10.3. The molecule has 0 bridgehead atoms. The largest absolute Gasteiger partial charge is 0.493 e. The average molecular weight is 566 g/mol. The van der Waals surface area contributed by atoms with Gasteiger partial charge < -0.3 is 14.8 Å². The van der Waals surface area contributed by atoms with Crippen LogP contribution < -0.4 is 14.8 Å². The predicted molar refractivity (Wildman–Crippen MR) is 139 cm³/mol. The van der Waals surface area contributed by atoms with E-state index in [0.29, 0.717) is 33.2 Å². The van der Waals surface area contributed by atoms with E-state index in [1.165, 1.54) is 0 Å². The van der Waals surface area contributed by atoms with Crippen LogP contribution in [0.5, 0.6) is 11.5 Å². The van der Waals surface area contributed by atoms with Gasteiger partial charge in [0.05, 0.1) is 38.4 Å². The van der Waals surface area contributed by atoms with Crippen molar-refractivity contribution >= 4 is 56.4 Å². The smallest absolute Gasteiger partial charge is 0.175 e. The highest BCUT2D eigenvalue weighted by atomic mass is 79.9. The number of hydrogen-bond acceptors (Lipinski definition) is 3. The van der Waals surface area contributed by atoms with E-state index < -0.39 is 0 Å².